The highest BCUT2D eigenvalue weighted by Gasteiger charge is 2.26. The third kappa shape index (κ3) is 2.98. The van der Waals surface area contributed by atoms with E-state index in [-0.39, 0.29) is 5.91 Å². The van der Waals surface area contributed by atoms with Gasteiger partial charge in [-0.3, -0.25) is 4.79 Å². The average Bonchev–Trinajstić information content (AvgIpc) is 3.23. The fraction of sp³-hybridized carbons (Fsp3) is 0.353. The molecule has 1 fully saturated rings. The third-order valence-corrected chi connectivity index (χ3v) is 4.26. The van der Waals surface area contributed by atoms with Gasteiger partial charge in [0.1, 0.15) is 0 Å². The van der Waals surface area contributed by atoms with Crippen molar-refractivity contribution in [2.75, 3.05) is 0 Å². The van der Waals surface area contributed by atoms with Crippen LogP contribution >= 0.6 is 11.6 Å². The Bertz CT molecular complexity index is 686. The topological polar surface area (TPSA) is 34.0 Å². The van der Waals surface area contributed by atoms with Gasteiger partial charge in [-0.1, -0.05) is 17.7 Å². The lowest BCUT2D eigenvalue weighted by molar-refractivity contribution is 0.0951. The normalized spacial score (nSPS) is 14.2. The summed E-state index contributed by atoms with van der Waals surface area (Å²) in [6, 6.07) is 9.85. The number of halogens is 1. The minimum Gasteiger partial charge on any atom is -0.348 e. The lowest BCUT2D eigenvalue weighted by atomic mass is 10.2. The van der Waals surface area contributed by atoms with E-state index in [9.17, 15) is 4.79 Å². The number of nitrogens with zero attached hydrogens (tertiary/aromatic N) is 1. The number of nitrogens with one attached hydrogen (secondary N) is 1. The Morgan fingerprint density at radius 3 is 2.76 bits per heavy atom. The van der Waals surface area contributed by atoms with E-state index < -0.39 is 0 Å². The summed E-state index contributed by atoms with van der Waals surface area (Å²) in [5, 5.41) is 3.55. The highest BCUT2D eigenvalue weighted by Crippen LogP contribution is 2.38. The maximum absolute atomic E-state index is 12.1. The van der Waals surface area contributed by atoms with Crippen LogP contribution in [0.25, 0.3) is 0 Å². The van der Waals surface area contributed by atoms with Crippen molar-refractivity contribution in [3.05, 3.63) is 57.9 Å². The number of amides is 1. The smallest absolute Gasteiger partial charge is 0.251 e. The maximum atomic E-state index is 12.1. The number of rotatable bonds is 4. The summed E-state index contributed by atoms with van der Waals surface area (Å²) in [5.41, 5.74) is 4.33. The van der Waals surface area contributed by atoms with Crippen LogP contribution in [-0.2, 0) is 6.54 Å². The van der Waals surface area contributed by atoms with Gasteiger partial charge in [0.25, 0.3) is 5.91 Å². The van der Waals surface area contributed by atoms with Gasteiger partial charge in [0.05, 0.1) is 0 Å². The largest absolute Gasteiger partial charge is 0.348 e. The SMILES string of the molecule is Cc1cc(CNC(=O)c2cccc(Cl)c2)c(C)n1C1CC1. The number of carbonyl (C=O) groups excluding carboxylic acids is 1. The first-order valence-corrected chi connectivity index (χ1v) is 7.65. The molecule has 4 heteroatoms. The van der Waals surface area contributed by atoms with Gasteiger partial charge < -0.3 is 9.88 Å². The molecule has 0 aliphatic heterocycles. The molecule has 21 heavy (non-hydrogen) atoms. The van der Waals surface area contributed by atoms with Crippen LogP contribution in [0, 0.1) is 13.8 Å². The highest BCUT2D eigenvalue weighted by atomic mass is 35.5. The van der Waals surface area contributed by atoms with E-state index in [4.69, 9.17) is 11.6 Å². The molecule has 1 aromatic carbocycles. The van der Waals surface area contributed by atoms with Crippen LogP contribution in [0.3, 0.4) is 0 Å². The van der Waals surface area contributed by atoms with Crippen molar-refractivity contribution >= 4 is 17.5 Å². The van der Waals surface area contributed by atoms with Crippen LogP contribution in [0.1, 0.15) is 46.2 Å². The minimum atomic E-state index is -0.0891. The second-order valence-electron chi connectivity index (χ2n) is 5.69. The van der Waals surface area contributed by atoms with Gasteiger partial charge >= 0.3 is 0 Å². The molecule has 1 N–H and O–H groups in total. The number of aromatic nitrogens is 1. The summed E-state index contributed by atoms with van der Waals surface area (Å²) in [5.74, 6) is -0.0891. The molecular weight excluding hydrogens is 284 g/mol. The molecule has 0 unspecified atom stereocenters. The fourth-order valence-electron chi connectivity index (χ4n) is 2.83. The van der Waals surface area contributed by atoms with Crippen molar-refractivity contribution in [1.82, 2.24) is 9.88 Å². The third-order valence-electron chi connectivity index (χ3n) is 4.03. The van der Waals surface area contributed by atoms with Gasteiger partial charge in [-0.15, -0.1) is 0 Å². The van der Waals surface area contributed by atoms with Crippen molar-refractivity contribution in [2.45, 2.75) is 39.3 Å². The van der Waals surface area contributed by atoms with Gasteiger partial charge in [-0.05, 0) is 56.5 Å². The standard InChI is InChI=1S/C17H19ClN2O/c1-11-8-14(12(2)20(11)16-6-7-16)10-19-17(21)13-4-3-5-15(18)9-13/h3-5,8-9,16H,6-7,10H2,1-2H3,(H,19,21). The first-order valence-electron chi connectivity index (χ1n) is 7.27. The van der Waals surface area contributed by atoms with Crippen LogP contribution in [0.2, 0.25) is 5.02 Å². The first kappa shape index (κ1) is 14.2. The van der Waals surface area contributed by atoms with E-state index in [1.54, 1.807) is 24.3 Å². The van der Waals surface area contributed by atoms with Gasteiger partial charge in [-0.25, -0.2) is 0 Å². The second kappa shape index (κ2) is 5.57. The number of hydrogen-bond donors (Lipinski definition) is 1. The zero-order valence-corrected chi connectivity index (χ0v) is 13.1. The monoisotopic (exact) mass is 302 g/mol. The molecule has 2 aromatic rings. The van der Waals surface area contributed by atoms with Crippen LogP contribution in [-0.4, -0.2) is 10.5 Å². The Morgan fingerprint density at radius 2 is 2.10 bits per heavy atom. The second-order valence-corrected chi connectivity index (χ2v) is 6.13. The number of carbonyl (C=O) groups is 1. The van der Waals surface area contributed by atoms with Crippen LogP contribution in [0.15, 0.2) is 30.3 Å². The average molecular weight is 303 g/mol. The molecule has 3 nitrogen and oxygen atoms in total. The van der Waals surface area contributed by atoms with Crippen molar-refractivity contribution in [3.8, 4) is 0 Å². The van der Waals surface area contributed by atoms with Crippen molar-refractivity contribution in [1.29, 1.82) is 0 Å². The van der Waals surface area contributed by atoms with Crippen LogP contribution in [0.4, 0.5) is 0 Å². The molecule has 0 spiro atoms. The molecule has 1 aliphatic carbocycles. The lowest BCUT2D eigenvalue weighted by Gasteiger charge is -2.09. The van der Waals surface area contributed by atoms with Crippen LogP contribution < -0.4 is 5.32 Å². The summed E-state index contributed by atoms with van der Waals surface area (Å²) in [6.07, 6.45) is 2.54. The molecule has 0 saturated heterocycles. The molecule has 3 rings (SSSR count). The molecule has 1 saturated carbocycles. The van der Waals surface area contributed by atoms with E-state index in [1.807, 2.05) is 0 Å². The maximum Gasteiger partial charge on any atom is 0.251 e. The van der Waals surface area contributed by atoms with Crippen molar-refractivity contribution < 1.29 is 4.79 Å². The Kier molecular flexibility index (Phi) is 3.77. The molecule has 1 aliphatic rings. The summed E-state index contributed by atoms with van der Waals surface area (Å²) in [6.45, 7) is 4.82. The predicted molar refractivity (Wildman–Crippen MR) is 84.8 cm³/mol. The molecule has 1 aromatic heterocycles. The van der Waals surface area contributed by atoms with Crippen molar-refractivity contribution in [3.63, 3.8) is 0 Å². The van der Waals surface area contributed by atoms with Crippen molar-refractivity contribution in [2.24, 2.45) is 0 Å². The van der Waals surface area contributed by atoms with Crippen LogP contribution in [0.5, 0.6) is 0 Å². The molecule has 1 amide bonds. The predicted octanol–water partition coefficient (Wildman–Crippen LogP) is 4.02. The Balaban J connectivity index is 1.70. The Morgan fingerprint density at radius 1 is 1.33 bits per heavy atom. The molecule has 110 valence electrons. The summed E-state index contributed by atoms with van der Waals surface area (Å²) < 4.78 is 2.39. The molecule has 0 radical (unpaired) electrons. The summed E-state index contributed by atoms with van der Waals surface area (Å²) in [7, 11) is 0. The number of aryl methyl sites for hydroxylation is 1. The highest BCUT2D eigenvalue weighted by molar-refractivity contribution is 6.30. The zero-order valence-electron chi connectivity index (χ0n) is 12.3. The van der Waals surface area contributed by atoms with Gasteiger partial charge in [0, 0.05) is 34.6 Å². The Labute approximate surface area is 129 Å². The molecule has 0 atom stereocenters. The molecular formula is C17H19ClN2O. The van der Waals surface area contributed by atoms with E-state index in [0.29, 0.717) is 23.2 Å². The Hall–Kier alpha value is -1.74. The van der Waals surface area contributed by atoms with E-state index in [2.05, 4.69) is 29.8 Å². The van der Waals surface area contributed by atoms with E-state index >= 15 is 0 Å². The first-order chi connectivity index (χ1) is 10.1. The summed E-state index contributed by atoms with van der Waals surface area (Å²) in [4.78, 5) is 12.1. The number of hydrogen-bond acceptors (Lipinski definition) is 1. The molecule has 0 bridgehead atoms. The summed E-state index contributed by atoms with van der Waals surface area (Å²) >= 11 is 5.91. The van der Waals surface area contributed by atoms with Gasteiger partial charge in [0.2, 0.25) is 0 Å². The quantitative estimate of drug-likeness (QED) is 0.909. The minimum absolute atomic E-state index is 0.0891. The zero-order chi connectivity index (χ0) is 15.0. The van der Waals surface area contributed by atoms with Gasteiger partial charge in [0.15, 0.2) is 0 Å². The van der Waals surface area contributed by atoms with E-state index in [0.717, 1.165) is 0 Å². The fourth-order valence-corrected chi connectivity index (χ4v) is 3.02. The van der Waals surface area contributed by atoms with Gasteiger partial charge in [-0.2, -0.15) is 0 Å². The lowest BCUT2D eigenvalue weighted by Crippen LogP contribution is -2.23. The number of benzene rings is 1. The molecule has 1 heterocycles. The van der Waals surface area contributed by atoms with E-state index in [1.165, 1.54) is 29.8 Å².